The summed E-state index contributed by atoms with van der Waals surface area (Å²) in [5.41, 5.74) is 0.248. The van der Waals surface area contributed by atoms with Crippen LogP contribution in [0.1, 0.15) is 63.9 Å². The van der Waals surface area contributed by atoms with Crippen LogP contribution in [0.4, 0.5) is 35.9 Å². The molecule has 210 valence electrons. The van der Waals surface area contributed by atoms with Gasteiger partial charge in [-0.2, -0.15) is 13.2 Å². The van der Waals surface area contributed by atoms with Crippen LogP contribution in [0.2, 0.25) is 0 Å². The fourth-order valence-corrected chi connectivity index (χ4v) is 4.99. The van der Waals surface area contributed by atoms with Crippen LogP contribution in [0.25, 0.3) is 0 Å². The number of nitrogens with one attached hydrogen (secondary N) is 2. The molecule has 6 N–H and O–H groups in total. The molecule has 1 atom stereocenters. The molecule has 0 spiro atoms. The number of aromatic carboxylic acids is 2. The Kier molecular flexibility index (Phi) is 7.71. The molecular weight excluding hydrogens is 523 g/mol. The number of rotatable bonds is 12. The molecule has 0 saturated heterocycles. The van der Waals surface area contributed by atoms with Gasteiger partial charge in [-0.1, -0.05) is 18.2 Å². The molecule has 2 fully saturated rings. The molecule has 1 unspecified atom stereocenters. The summed E-state index contributed by atoms with van der Waals surface area (Å²) >= 11 is 0. The number of benzene rings is 3. The van der Waals surface area contributed by atoms with E-state index in [2.05, 4.69) is 16.0 Å². The van der Waals surface area contributed by atoms with E-state index in [1.807, 2.05) is 6.07 Å². The molecule has 0 bridgehead atoms. The Balaban J connectivity index is 1.45. The lowest BCUT2D eigenvalue weighted by Crippen LogP contribution is -2.92. The van der Waals surface area contributed by atoms with Gasteiger partial charge < -0.3 is 26.2 Å². The van der Waals surface area contributed by atoms with Gasteiger partial charge in [0.2, 0.25) is 0 Å². The zero-order valence-corrected chi connectivity index (χ0v) is 21.7. The van der Waals surface area contributed by atoms with E-state index < -0.39 is 23.7 Å². The second-order valence-corrected chi connectivity index (χ2v) is 10.7. The highest BCUT2D eigenvalue weighted by molar-refractivity contribution is 5.98. The Labute approximate surface area is 229 Å². The van der Waals surface area contributed by atoms with Gasteiger partial charge in [0.15, 0.2) is 0 Å². The lowest BCUT2D eigenvalue weighted by Gasteiger charge is -2.19. The molecule has 3 aromatic carbocycles. The first-order chi connectivity index (χ1) is 19.1. The van der Waals surface area contributed by atoms with Crippen molar-refractivity contribution in [3.63, 3.8) is 0 Å². The van der Waals surface area contributed by atoms with Crippen LogP contribution < -0.4 is 16.0 Å². The van der Waals surface area contributed by atoms with E-state index in [1.54, 1.807) is 24.3 Å². The van der Waals surface area contributed by atoms with Crippen molar-refractivity contribution in [1.29, 1.82) is 0 Å². The van der Waals surface area contributed by atoms with Crippen LogP contribution in [0.15, 0.2) is 60.7 Å². The van der Waals surface area contributed by atoms with Crippen molar-refractivity contribution in [3.05, 3.63) is 82.9 Å². The highest BCUT2D eigenvalue weighted by Crippen LogP contribution is 2.38. The maximum absolute atomic E-state index is 13.6. The van der Waals surface area contributed by atoms with Gasteiger partial charge in [-0.05, 0) is 66.8 Å². The molecule has 0 radical (unpaired) electrons. The first-order valence-electron chi connectivity index (χ1n) is 13.4. The standard InChI is InChI=1S/C30H30F3N3O4/c31-30(32,33)19-8-12-26(35-24-4-2-1-3-22(24)28(37)38)27(16-19)36-25-11-7-18(15-23(25)29(39)40)14-21(13-17-5-6-17)34-20-9-10-20/h1-4,7-8,11-12,15-17,20-21,34-36H,5-6,9-10,13-14H2,(H,37,38)(H,39,40)/p+1. The SMILES string of the molecule is O=C(O)c1ccccc1Nc1ccc(C(F)(F)F)cc1Nc1ccc(CC(CC2CC2)[NH2+]C2CC2)cc1C(=O)O. The predicted molar refractivity (Wildman–Crippen MR) is 145 cm³/mol. The molecule has 2 saturated carbocycles. The van der Waals surface area contributed by atoms with Gasteiger partial charge in [0.1, 0.15) is 0 Å². The Hall–Kier alpha value is -4.05. The number of nitrogens with two attached hydrogens (primary N) is 1. The summed E-state index contributed by atoms with van der Waals surface area (Å²) in [5.74, 6) is -1.67. The molecule has 40 heavy (non-hydrogen) atoms. The van der Waals surface area contributed by atoms with Crippen LogP contribution in [-0.4, -0.2) is 34.2 Å². The van der Waals surface area contributed by atoms with Gasteiger partial charge >= 0.3 is 18.1 Å². The van der Waals surface area contributed by atoms with Crippen LogP contribution in [0, 0.1) is 5.92 Å². The number of carboxylic acids is 2. The minimum absolute atomic E-state index is 0.0426. The predicted octanol–water partition coefficient (Wildman–Crippen LogP) is 6.03. The van der Waals surface area contributed by atoms with E-state index in [1.165, 1.54) is 43.9 Å². The molecule has 2 aliphatic rings. The van der Waals surface area contributed by atoms with Gasteiger partial charge in [0, 0.05) is 25.7 Å². The Morgan fingerprint density at radius 1 is 0.825 bits per heavy atom. The van der Waals surface area contributed by atoms with Crippen molar-refractivity contribution in [1.82, 2.24) is 0 Å². The van der Waals surface area contributed by atoms with Crippen LogP contribution in [0.5, 0.6) is 0 Å². The second-order valence-electron chi connectivity index (χ2n) is 10.7. The van der Waals surface area contributed by atoms with Gasteiger partial charge in [0.05, 0.1) is 51.5 Å². The minimum Gasteiger partial charge on any atom is -0.478 e. The van der Waals surface area contributed by atoms with Crippen molar-refractivity contribution in [2.45, 2.75) is 56.8 Å². The minimum atomic E-state index is -4.64. The first kappa shape index (κ1) is 27.5. The topological polar surface area (TPSA) is 115 Å². The van der Waals surface area contributed by atoms with Crippen molar-refractivity contribution in [2.24, 2.45) is 5.92 Å². The molecule has 0 heterocycles. The molecule has 0 aromatic heterocycles. The van der Waals surface area contributed by atoms with Gasteiger partial charge in [0.25, 0.3) is 0 Å². The van der Waals surface area contributed by atoms with Crippen LogP contribution >= 0.6 is 0 Å². The fraction of sp³-hybridized carbons (Fsp3) is 0.333. The summed E-state index contributed by atoms with van der Waals surface area (Å²) in [6.45, 7) is 0. The lowest BCUT2D eigenvalue weighted by atomic mass is 9.98. The first-order valence-corrected chi connectivity index (χ1v) is 13.4. The van der Waals surface area contributed by atoms with Gasteiger partial charge in [-0.3, -0.25) is 0 Å². The molecule has 0 aliphatic heterocycles. The zero-order chi connectivity index (χ0) is 28.4. The van der Waals surface area contributed by atoms with Crippen molar-refractivity contribution >= 4 is 34.7 Å². The molecule has 0 amide bonds. The van der Waals surface area contributed by atoms with Crippen LogP contribution in [-0.2, 0) is 12.6 Å². The normalized spacial score (nSPS) is 15.9. The number of alkyl halides is 3. The summed E-state index contributed by atoms with van der Waals surface area (Å²) in [6, 6.07) is 15.0. The van der Waals surface area contributed by atoms with E-state index in [-0.39, 0.29) is 33.9 Å². The number of quaternary nitrogens is 1. The van der Waals surface area contributed by atoms with Crippen molar-refractivity contribution in [3.8, 4) is 0 Å². The number of halogens is 3. The number of para-hydroxylation sites is 1. The summed E-state index contributed by atoms with van der Waals surface area (Å²) < 4.78 is 40.8. The average molecular weight is 555 g/mol. The van der Waals surface area contributed by atoms with Crippen LogP contribution in [0.3, 0.4) is 0 Å². The maximum atomic E-state index is 13.6. The van der Waals surface area contributed by atoms with Crippen molar-refractivity contribution < 1.29 is 38.3 Å². The number of hydrogen-bond acceptors (Lipinski definition) is 4. The van der Waals surface area contributed by atoms with E-state index in [4.69, 9.17) is 0 Å². The smallest absolute Gasteiger partial charge is 0.416 e. The highest BCUT2D eigenvalue weighted by Gasteiger charge is 2.34. The zero-order valence-electron chi connectivity index (χ0n) is 21.7. The van der Waals surface area contributed by atoms with E-state index in [0.29, 0.717) is 12.1 Å². The Morgan fingerprint density at radius 3 is 2.12 bits per heavy atom. The van der Waals surface area contributed by atoms with Gasteiger partial charge in [-0.15, -0.1) is 0 Å². The summed E-state index contributed by atoms with van der Waals surface area (Å²) in [4.78, 5) is 23.9. The second kappa shape index (κ2) is 11.2. The monoisotopic (exact) mass is 554 g/mol. The third-order valence-electron chi connectivity index (χ3n) is 7.35. The third-order valence-corrected chi connectivity index (χ3v) is 7.35. The quantitative estimate of drug-likeness (QED) is 0.187. The van der Waals surface area contributed by atoms with E-state index in [0.717, 1.165) is 36.5 Å². The number of anilines is 4. The lowest BCUT2D eigenvalue weighted by molar-refractivity contribution is -0.702. The highest BCUT2D eigenvalue weighted by atomic mass is 19.4. The number of carboxylic acid groups (broad SMARTS) is 2. The number of carbonyl (C=O) groups is 2. The maximum Gasteiger partial charge on any atom is 0.416 e. The summed E-state index contributed by atoms with van der Waals surface area (Å²) in [7, 11) is 0. The molecule has 3 aromatic rings. The molecule has 5 rings (SSSR count). The number of hydrogen-bond donors (Lipinski definition) is 5. The van der Waals surface area contributed by atoms with E-state index >= 15 is 0 Å². The summed E-state index contributed by atoms with van der Waals surface area (Å²) in [5, 5.41) is 27.7. The average Bonchev–Trinajstić information content (AvgIpc) is 3.83. The molecule has 10 heteroatoms. The van der Waals surface area contributed by atoms with Gasteiger partial charge in [-0.25, -0.2) is 9.59 Å². The molecule has 7 nitrogen and oxygen atoms in total. The molecule has 2 aliphatic carbocycles. The van der Waals surface area contributed by atoms with E-state index in [9.17, 15) is 33.0 Å². The molecular formula is C30H31F3N3O4+. The van der Waals surface area contributed by atoms with Crippen molar-refractivity contribution in [2.75, 3.05) is 10.6 Å². The Bertz CT molecular complexity index is 1400. The third kappa shape index (κ3) is 6.93. The largest absolute Gasteiger partial charge is 0.478 e. The fourth-order valence-electron chi connectivity index (χ4n) is 4.99. The Morgan fingerprint density at radius 2 is 1.48 bits per heavy atom. The summed E-state index contributed by atoms with van der Waals surface area (Å²) in [6.07, 6.45) is 2.06.